The molecule has 1 atom stereocenters. The first-order chi connectivity index (χ1) is 11.7. The summed E-state index contributed by atoms with van der Waals surface area (Å²) in [7, 11) is 0. The van der Waals surface area contributed by atoms with Crippen molar-refractivity contribution >= 4 is 17.8 Å². The van der Waals surface area contributed by atoms with E-state index in [1.165, 1.54) is 4.90 Å². The van der Waals surface area contributed by atoms with Gasteiger partial charge in [0.05, 0.1) is 12.5 Å². The summed E-state index contributed by atoms with van der Waals surface area (Å²) in [6.45, 7) is 6.94. The molecule has 25 heavy (non-hydrogen) atoms. The Kier molecular flexibility index (Phi) is 5.82. The van der Waals surface area contributed by atoms with Gasteiger partial charge in [0.15, 0.2) is 0 Å². The van der Waals surface area contributed by atoms with Crippen molar-refractivity contribution in [2.24, 2.45) is 5.92 Å². The fraction of sp³-hybridized carbons (Fsp3) is 0.526. The van der Waals surface area contributed by atoms with Crippen LogP contribution in [-0.2, 0) is 15.0 Å². The van der Waals surface area contributed by atoms with Crippen molar-refractivity contribution in [1.29, 1.82) is 0 Å². The van der Waals surface area contributed by atoms with Crippen molar-refractivity contribution in [3.8, 4) is 0 Å². The van der Waals surface area contributed by atoms with E-state index in [1.54, 1.807) is 12.1 Å². The van der Waals surface area contributed by atoms with Crippen LogP contribution in [-0.4, -0.2) is 47.4 Å². The monoisotopic (exact) mass is 346 g/mol. The number of rotatable bonds is 4. The first-order valence-corrected chi connectivity index (χ1v) is 8.58. The highest BCUT2D eigenvalue weighted by atomic mass is 16.4. The Bertz CT molecular complexity index is 646. The number of benzene rings is 1. The zero-order valence-electron chi connectivity index (χ0n) is 15.0. The van der Waals surface area contributed by atoms with Crippen LogP contribution in [0.15, 0.2) is 24.3 Å². The molecule has 6 heteroatoms. The summed E-state index contributed by atoms with van der Waals surface area (Å²) in [5.74, 6) is -1.94. The second-order valence-electron chi connectivity index (χ2n) is 7.53. The maximum atomic E-state index is 12.2. The predicted molar refractivity (Wildman–Crippen MR) is 94.4 cm³/mol. The molecule has 0 aromatic heterocycles. The molecule has 1 aliphatic heterocycles. The Hall–Kier alpha value is -2.37. The van der Waals surface area contributed by atoms with Gasteiger partial charge >= 0.3 is 5.97 Å². The molecule has 2 rings (SSSR count). The molecule has 1 heterocycles. The lowest BCUT2D eigenvalue weighted by Gasteiger charge is -2.30. The first kappa shape index (κ1) is 19.0. The van der Waals surface area contributed by atoms with Crippen LogP contribution < -0.4 is 5.32 Å². The lowest BCUT2D eigenvalue weighted by molar-refractivity contribution is -0.145. The van der Waals surface area contributed by atoms with Gasteiger partial charge in [0.25, 0.3) is 5.91 Å². The Morgan fingerprint density at radius 3 is 2.40 bits per heavy atom. The van der Waals surface area contributed by atoms with Crippen molar-refractivity contribution < 1.29 is 19.5 Å². The molecular formula is C19H26N2O4. The fourth-order valence-corrected chi connectivity index (χ4v) is 2.90. The van der Waals surface area contributed by atoms with Crippen molar-refractivity contribution in [1.82, 2.24) is 10.2 Å². The number of carbonyl (C=O) groups excluding carboxylic acids is 2. The number of likely N-dealkylation sites (tertiary alicyclic amines) is 1. The first-order valence-electron chi connectivity index (χ1n) is 8.58. The van der Waals surface area contributed by atoms with Gasteiger partial charge in [0.1, 0.15) is 0 Å². The van der Waals surface area contributed by atoms with E-state index in [9.17, 15) is 14.4 Å². The Morgan fingerprint density at radius 2 is 1.84 bits per heavy atom. The molecule has 1 aromatic carbocycles. The normalized spacial score (nSPS) is 17.9. The number of nitrogens with one attached hydrogen (secondary N) is 1. The second kappa shape index (κ2) is 7.68. The second-order valence-corrected chi connectivity index (χ2v) is 7.53. The van der Waals surface area contributed by atoms with Gasteiger partial charge in [-0.05, 0) is 36.0 Å². The van der Waals surface area contributed by atoms with Crippen molar-refractivity contribution in [2.45, 2.75) is 39.0 Å². The molecular weight excluding hydrogens is 320 g/mol. The molecule has 0 radical (unpaired) electrons. The Morgan fingerprint density at radius 1 is 1.20 bits per heavy atom. The minimum absolute atomic E-state index is 0.0138. The minimum atomic E-state index is -0.875. The number of carbonyl (C=O) groups is 3. The van der Waals surface area contributed by atoms with E-state index >= 15 is 0 Å². The minimum Gasteiger partial charge on any atom is -0.481 e. The number of hydrogen-bond donors (Lipinski definition) is 2. The Labute approximate surface area is 148 Å². The zero-order chi connectivity index (χ0) is 18.6. The molecule has 2 N–H and O–H groups in total. The predicted octanol–water partition coefficient (Wildman–Crippen LogP) is 2.04. The maximum Gasteiger partial charge on any atom is 0.308 e. The molecule has 1 aliphatic rings. The van der Waals surface area contributed by atoms with E-state index in [0.717, 1.165) is 5.56 Å². The molecule has 1 fully saturated rings. The summed E-state index contributed by atoms with van der Waals surface area (Å²) in [5, 5.41) is 11.7. The molecule has 0 aliphatic carbocycles. The maximum absolute atomic E-state index is 12.2. The van der Waals surface area contributed by atoms with Gasteiger partial charge in [-0.1, -0.05) is 32.9 Å². The number of carboxylic acid groups (broad SMARTS) is 1. The summed E-state index contributed by atoms with van der Waals surface area (Å²) in [6, 6.07) is 7.33. The van der Waals surface area contributed by atoms with E-state index in [4.69, 9.17) is 5.11 Å². The van der Waals surface area contributed by atoms with Crippen LogP contribution in [0.2, 0.25) is 0 Å². The van der Waals surface area contributed by atoms with E-state index < -0.39 is 11.9 Å². The average molecular weight is 346 g/mol. The molecule has 0 saturated carbocycles. The zero-order valence-corrected chi connectivity index (χ0v) is 15.0. The van der Waals surface area contributed by atoms with Gasteiger partial charge in [-0.3, -0.25) is 14.4 Å². The van der Waals surface area contributed by atoms with Crippen molar-refractivity contribution in [3.63, 3.8) is 0 Å². The van der Waals surface area contributed by atoms with E-state index in [2.05, 4.69) is 26.1 Å². The largest absolute Gasteiger partial charge is 0.481 e. The topological polar surface area (TPSA) is 86.7 Å². The number of hydrogen-bond acceptors (Lipinski definition) is 3. The summed E-state index contributed by atoms with van der Waals surface area (Å²) in [6.07, 6.45) is 1.26. The van der Waals surface area contributed by atoms with Crippen LogP contribution in [0, 0.1) is 5.92 Å². The molecule has 6 nitrogen and oxygen atoms in total. The van der Waals surface area contributed by atoms with Gasteiger partial charge in [0, 0.05) is 18.7 Å². The average Bonchev–Trinajstić information content (AvgIpc) is 2.58. The lowest BCUT2D eigenvalue weighted by atomic mass is 9.87. The van der Waals surface area contributed by atoms with Gasteiger partial charge in [0.2, 0.25) is 5.91 Å². The van der Waals surface area contributed by atoms with Gasteiger partial charge < -0.3 is 15.3 Å². The van der Waals surface area contributed by atoms with E-state index in [0.29, 0.717) is 24.9 Å². The summed E-state index contributed by atoms with van der Waals surface area (Å²) in [5.41, 5.74) is 1.65. The summed E-state index contributed by atoms with van der Waals surface area (Å²) < 4.78 is 0. The highest BCUT2D eigenvalue weighted by molar-refractivity contribution is 5.96. The number of amides is 2. The Balaban J connectivity index is 1.89. The highest BCUT2D eigenvalue weighted by Crippen LogP contribution is 2.22. The molecule has 0 bridgehead atoms. The standard InChI is InChI=1S/C19H26N2O4/c1-19(2,3)15-8-6-13(7-9-15)17(23)20-11-16(22)21-10-4-5-14(12-21)18(24)25/h6-9,14H,4-5,10-12H2,1-3H3,(H,20,23)(H,24,25)/t14-/m0/s1. The molecule has 1 aromatic rings. The van der Waals surface area contributed by atoms with Crippen LogP contribution in [0.4, 0.5) is 0 Å². The number of piperidine rings is 1. The number of aliphatic carboxylic acids is 1. The van der Waals surface area contributed by atoms with Crippen LogP contribution in [0.25, 0.3) is 0 Å². The van der Waals surface area contributed by atoms with E-state index in [-0.39, 0.29) is 30.3 Å². The number of nitrogens with zero attached hydrogens (tertiary/aromatic N) is 1. The molecule has 0 spiro atoms. The lowest BCUT2D eigenvalue weighted by Crippen LogP contribution is -2.46. The summed E-state index contributed by atoms with van der Waals surface area (Å²) in [4.78, 5) is 37.0. The van der Waals surface area contributed by atoms with Crippen molar-refractivity contribution in [3.05, 3.63) is 35.4 Å². The van der Waals surface area contributed by atoms with Gasteiger partial charge in [-0.25, -0.2) is 0 Å². The molecule has 2 amide bonds. The molecule has 0 unspecified atom stereocenters. The van der Waals surface area contributed by atoms with Crippen LogP contribution in [0.1, 0.15) is 49.5 Å². The SMILES string of the molecule is CC(C)(C)c1ccc(C(=O)NCC(=O)N2CCC[C@H](C(=O)O)C2)cc1. The van der Waals surface area contributed by atoms with Gasteiger partial charge in [-0.2, -0.15) is 0 Å². The third-order valence-electron chi connectivity index (χ3n) is 4.54. The molecule has 1 saturated heterocycles. The highest BCUT2D eigenvalue weighted by Gasteiger charge is 2.28. The van der Waals surface area contributed by atoms with Crippen LogP contribution in [0.5, 0.6) is 0 Å². The smallest absolute Gasteiger partial charge is 0.308 e. The summed E-state index contributed by atoms with van der Waals surface area (Å²) >= 11 is 0. The number of carboxylic acids is 1. The van der Waals surface area contributed by atoms with Gasteiger partial charge in [-0.15, -0.1) is 0 Å². The van der Waals surface area contributed by atoms with Crippen LogP contribution >= 0.6 is 0 Å². The third-order valence-corrected chi connectivity index (χ3v) is 4.54. The fourth-order valence-electron chi connectivity index (χ4n) is 2.90. The quantitative estimate of drug-likeness (QED) is 0.873. The molecule has 136 valence electrons. The van der Waals surface area contributed by atoms with Crippen LogP contribution in [0.3, 0.4) is 0 Å². The third kappa shape index (κ3) is 5.05. The van der Waals surface area contributed by atoms with Crippen molar-refractivity contribution in [2.75, 3.05) is 19.6 Å². The van der Waals surface area contributed by atoms with E-state index in [1.807, 2.05) is 12.1 Å².